The summed E-state index contributed by atoms with van der Waals surface area (Å²) in [6.07, 6.45) is -3.77. The van der Waals surface area contributed by atoms with E-state index >= 15 is 0 Å². The largest absolute Gasteiger partial charge is 0.573 e. The van der Waals surface area contributed by atoms with E-state index in [1.165, 1.54) is 12.1 Å². The molecule has 0 heterocycles. The number of rotatable bonds is 13. The number of carbonyl (C=O) groups is 2. The minimum atomic E-state index is -4.77. The van der Waals surface area contributed by atoms with Crippen molar-refractivity contribution in [2.45, 2.75) is 44.6 Å². The Kier molecular flexibility index (Phi) is 10.9. The molecule has 1 amide bonds. The second kappa shape index (κ2) is 14.8. The molecule has 0 aliphatic heterocycles. The number of carboxylic acid groups (broad SMARTS) is 1. The summed E-state index contributed by atoms with van der Waals surface area (Å²) in [6, 6.07) is 27.5. The van der Waals surface area contributed by atoms with Crippen molar-refractivity contribution >= 4 is 23.5 Å². The van der Waals surface area contributed by atoms with Gasteiger partial charge in [-0.3, -0.25) is 9.59 Å². The van der Waals surface area contributed by atoms with Gasteiger partial charge in [0.2, 0.25) is 0 Å². The number of halogens is 4. The highest BCUT2D eigenvalue weighted by atomic mass is 35.5. The van der Waals surface area contributed by atoms with Crippen LogP contribution in [0.4, 0.5) is 13.2 Å². The number of alkyl halides is 3. The standard InChI is InChI=1S/C34H31ClF3NO5/c1-2-4-30(23-7-9-25(10-8-23)33(42)39-20-19-31(40)41)32(24-11-15-27(35)16-12-24)43-29-6-3-5-26(21-29)22-13-17-28(18-14-22)44-34(36,37)38/h3,5-18,21,30,32H,2,4,19-20H2,1H3,(H,39,42)(H,40,41)/t30-,32+/m1/s1. The molecule has 4 aromatic rings. The Hall–Kier alpha value is -4.50. The molecule has 44 heavy (non-hydrogen) atoms. The number of aliphatic carboxylic acids is 1. The average molecular weight is 626 g/mol. The van der Waals surface area contributed by atoms with Crippen molar-refractivity contribution in [2.75, 3.05) is 6.54 Å². The lowest BCUT2D eigenvalue weighted by atomic mass is 9.85. The fraction of sp³-hybridized carbons (Fsp3) is 0.235. The molecule has 0 unspecified atom stereocenters. The first kappa shape index (κ1) is 32.4. The number of carboxylic acids is 1. The van der Waals surface area contributed by atoms with Gasteiger partial charge in [0.15, 0.2) is 0 Å². The normalized spacial score (nSPS) is 12.7. The van der Waals surface area contributed by atoms with Gasteiger partial charge >= 0.3 is 12.3 Å². The van der Waals surface area contributed by atoms with Gasteiger partial charge in [0.1, 0.15) is 17.6 Å². The van der Waals surface area contributed by atoms with E-state index in [0.717, 1.165) is 29.5 Å². The molecule has 0 saturated carbocycles. The van der Waals surface area contributed by atoms with Gasteiger partial charge in [-0.1, -0.05) is 73.5 Å². The zero-order chi connectivity index (χ0) is 31.7. The van der Waals surface area contributed by atoms with Crippen LogP contribution in [-0.2, 0) is 4.79 Å². The van der Waals surface area contributed by atoms with Crippen LogP contribution in [0, 0.1) is 0 Å². The van der Waals surface area contributed by atoms with Crippen molar-refractivity contribution in [3.8, 4) is 22.6 Å². The molecule has 0 fully saturated rings. The molecule has 2 atom stereocenters. The Morgan fingerprint density at radius 1 is 0.864 bits per heavy atom. The van der Waals surface area contributed by atoms with Gasteiger partial charge in [0.25, 0.3) is 5.91 Å². The summed E-state index contributed by atoms with van der Waals surface area (Å²) in [7, 11) is 0. The fourth-order valence-electron chi connectivity index (χ4n) is 4.85. The predicted molar refractivity (Wildman–Crippen MR) is 162 cm³/mol. The predicted octanol–water partition coefficient (Wildman–Crippen LogP) is 8.81. The quantitative estimate of drug-likeness (QED) is 0.155. The summed E-state index contributed by atoms with van der Waals surface area (Å²) < 4.78 is 48.4. The second-order valence-corrected chi connectivity index (χ2v) is 10.5. The first-order valence-corrected chi connectivity index (χ1v) is 14.4. The van der Waals surface area contributed by atoms with E-state index in [2.05, 4.69) is 17.0 Å². The Balaban J connectivity index is 1.61. The van der Waals surface area contributed by atoms with Gasteiger partial charge in [-0.05, 0) is 77.2 Å². The molecule has 6 nitrogen and oxygen atoms in total. The van der Waals surface area contributed by atoms with Gasteiger partial charge in [-0.2, -0.15) is 0 Å². The van der Waals surface area contributed by atoms with Gasteiger partial charge in [-0.25, -0.2) is 0 Å². The minimum absolute atomic E-state index is 0.0331. The summed E-state index contributed by atoms with van der Waals surface area (Å²) in [6.45, 7) is 2.11. The molecular weight excluding hydrogens is 595 g/mol. The highest BCUT2D eigenvalue weighted by molar-refractivity contribution is 6.30. The van der Waals surface area contributed by atoms with E-state index in [9.17, 15) is 22.8 Å². The van der Waals surface area contributed by atoms with Crippen molar-refractivity contribution in [3.63, 3.8) is 0 Å². The fourth-order valence-corrected chi connectivity index (χ4v) is 4.98. The highest BCUT2D eigenvalue weighted by Crippen LogP contribution is 2.40. The third kappa shape index (κ3) is 9.25. The highest BCUT2D eigenvalue weighted by Gasteiger charge is 2.31. The smallest absolute Gasteiger partial charge is 0.485 e. The molecule has 0 spiro atoms. The molecule has 0 bridgehead atoms. The zero-order valence-corrected chi connectivity index (χ0v) is 24.6. The molecule has 10 heteroatoms. The monoisotopic (exact) mass is 625 g/mol. The zero-order valence-electron chi connectivity index (χ0n) is 23.8. The number of amides is 1. The van der Waals surface area contributed by atoms with E-state index in [0.29, 0.717) is 21.9 Å². The number of hydrogen-bond acceptors (Lipinski definition) is 4. The second-order valence-electron chi connectivity index (χ2n) is 10.1. The van der Waals surface area contributed by atoms with Gasteiger partial charge in [0.05, 0.1) is 6.42 Å². The van der Waals surface area contributed by atoms with Crippen LogP contribution in [0.2, 0.25) is 5.02 Å². The van der Waals surface area contributed by atoms with Crippen molar-refractivity contribution in [1.82, 2.24) is 5.32 Å². The topological polar surface area (TPSA) is 84.9 Å². The van der Waals surface area contributed by atoms with Crippen molar-refractivity contribution in [2.24, 2.45) is 0 Å². The molecule has 4 aromatic carbocycles. The van der Waals surface area contributed by atoms with Crippen LogP contribution in [0.5, 0.6) is 11.5 Å². The van der Waals surface area contributed by atoms with Crippen LogP contribution in [0.25, 0.3) is 11.1 Å². The van der Waals surface area contributed by atoms with Crippen LogP contribution in [0.15, 0.2) is 97.1 Å². The SMILES string of the molecule is CCC[C@H](c1ccc(C(=O)NCCC(=O)O)cc1)[C@@H](Oc1cccc(-c2ccc(OC(F)(F)F)cc2)c1)c1ccc(Cl)cc1. The Morgan fingerprint density at radius 2 is 1.52 bits per heavy atom. The molecule has 0 saturated heterocycles. The van der Waals surface area contributed by atoms with Crippen molar-refractivity contribution < 1.29 is 37.3 Å². The number of carbonyl (C=O) groups excluding carboxylic acids is 1. The first-order valence-electron chi connectivity index (χ1n) is 14.0. The maximum atomic E-state index is 12.6. The third-order valence-electron chi connectivity index (χ3n) is 6.91. The molecule has 230 valence electrons. The number of benzene rings is 4. The summed E-state index contributed by atoms with van der Waals surface area (Å²) in [5.41, 5.74) is 3.70. The van der Waals surface area contributed by atoms with Crippen molar-refractivity contribution in [1.29, 1.82) is 0 Å². The van der Waals surface area contributed by atoms with Crippen LogP contribution in [0.1, 0.15) is 59.7 Å². The van der Waals surface area contributed by atoms with E-state index in [1.807, 2.05) is 48.5 Å². The molecule has 0 aromatic heterocycles. The van der Waals surface area contributed by atoms with E-state index in [1.54, 1.807) is 36.4 Å². The van der Waals surface area contributed by atoms with Gasteiger partial charge < -0.3 is 19.9 Å². The Morgan fingerprint density at radius 3 is 2.14 bits per heavy atom. The number of nitrogens with one attached hydrogen (secondary N) is 1. The first-order chi connectivity index (χ1) is 21.0. The van der Waals surface area contributed by atoms with E-state index in [-0.39, 0.29) is 30.5 Å². The molecule has 4 rings (SSSR count). The summed E-state index contributed by atoms with van der Waals surface area (Å²) in [5.74, 6) is -1.20. The summed E-state index contributed by atoms with van der Waals surface area (Å²) >= 11 is 6.19. The van der Waals surface area contributed by atoms with Crippen LogP contribution in [0.3, 0.4) is 0 Å². The Labute approximate surface area is 258 Å². The van der Waals surface area contributed by atoms with Crippen LogP contribution in [-0.4, -0.2) is 29.9 Å². The van der Waals surface area contributed by atoms with Gasteiger partial charge in [0, 0.05) is 23.0 Å². The van der Waals surface area contributed by atoms with Crippen LogP contribution >= 0.6 is 11.6 Å². The lowest BCUT2D eigenvalue weighted by Crippen LogP contribution is -2.26. The molecule has 0 radical (unpaired) electrons. The minimum Gasteiger partial charge on any atom is -0.485 e. The summed E-state index contributed by atoms with van der Waals surface area (Å²) in [4.78, 5) is 23.3. The summed E-state index contributed by atoms with van der Waals surface area (Å²) in [5, 5.41) is 12.0. The van der Waals surface area contributed by atoms with Gasteiger partial charge in [-0.15, -0.1) is 13.2 Å². The van der Waals surface area contributed by atoms with Crippen LogP contribution < -0.4 is 14.8 Å². The lowest BCUT2D eigenvalue weighted by Gasteiger charge is -2.29. The molecule has 2 N–H and O–H groups in total. The maximum absolute atomic E-state index is 12.6. The number of hydrogen-bond donors (Lipinski definition) is 2. The Bertz CT molecular complexity index is 1540. The lowest BCUT2D eigenvalue weighted by molar-refractivity contribution is -0.274. The number of ether oxygens (including phenoxy) is 2. The molecule has 0 aliphatic rings. The average Bonchev–Trinajstić information content (AvgIpc) is 2.99. The third-order valence-corrected chi connectivity index (χ3v) is 7.16. The maximum Gasteiger partial charge on any atom is 0.573 e. The molecular formula is C34H31ClF3NO5. The van der Waals surface area contributed by atoms with Crippen molar-refractivity contribution in [3.05, 3.63) is 119 Å². The van der Waals surface area contributed by atoms with E-state index < -0.39 is 18.4 Å². The van der Waals surface area contributed by atoms with E-state index in [4.69, 9.17) is 21.4 Å². The molecule has 0 aliphatic carbocycles.